The summed E-state index contributed by atoms with van der Waals surface area (Å²) in [5.74, 6) is -0.763. The summed E-state index contributed by atoms with van der Waals surface area (Å²) >= 11 is 0. The Balaban J connectivity index is 1.56. The van der Waals surface area contributed by atoms with Crippen LogP contribution in [0.25, 0.3) is 0 Å². The molecular weight excluding hydrogens is 414 g/mol. The van der Waals surface area contributed by atoms with Gasteiger partial charge in [-0.1, -0.05) is 42.5 Å². The third-order valence-corrected chi connectivity index (χ3v) is 5.08. The fourth-order valence-electron chi connectivity index (χ4n) is 3.53. The molecule has 3 aromatic rings. The number of amides is 1. The van der Waals surface area contributed by atoms with Gasteiger partial charge in [-0.3, -0.25) is 19.8 Å². The first-order chi connectivity index (χ1) is 15.5. The zero-order chi connectivity index (χ0) is 22.7. The normalized spacial score (nSPS) is 14.8. The minimum Gasteiger partial charge on any atom is -0.489 e. The van der Waals surface area contributed by atoms with Gasteiger partial charge in [0.2, 0.25) is 0 Å². The average molecular weight is 433 g/mol. The van der Waals surface area contributed by atoms with Gasteiger partial charge in [-0.2, -0.15) is 0 Å². The van der Waals surface area contributed by atoms with Gasteiger partial charge in [0.1, 0.15) is 18.0 Å². The van der Waals surface area contributed by atoms with E-state index in [0.717, 1.165) is 11.6 Å². The topological polar surface area (TPSA) is 125 Å². The van der Waals surface area contributed by atoms with Gasteiger partial charge >= 0.3 is 5.97 Å². The lowest BCUT2D eigenvalue weighted by atomic mass is 10.0. The van der Waals surface area contributed by atoms with Gasteiger partial charge in [-0.25, -0.2) is 4.79 Å². The predicted octanol–water partition coefficient (Wildman–Crippen LogP) is 3.50. The van der Waals surface area contributed by atoms with Crippen molar-refractivity contribution in [3.05, 3.63) is 94.0 Å². The second-order valence-electron chi connectivity index (χ2n) is 7.08. The molecule has 1 unspecified atom stereocenters. The number of para-hydroxylation sites is 2. The fraction of sp³-hybridized carbons (Fsp3) is 0.130. The molecule has 0 aliphatic carbocycles. The Morgan fingerprint density at radius 2 is 1.81 bits per heavy atom. The van der Waals surface area contributed by atoms with E-state index < -0.39 is 35.1 Å². The minimum absolute atomic E-state index is 0.0688. The number of benzene rings is 3. The number of hydrogen-bond acceptors (Lipinski definition) is 7. The van der Waals surface area contributed by atoms with Crippen LogP contribution in [-0.2, 0) is 9.53 Å². The number of nitrogens with two attached hydrogens (primary N) is 1. The maximum absolute atomic E-state index is 13.2. The Labute approximate surface area is 183 Å². The van der Waals surface area contributed by atoms with Crippen LogP contribution in [0.4, 0.5) is 17.1 Å². The highest BCUT2D eigenvalue weighted by Gasteiger charge is 2.33. The van der Waals surface area contributed by atoms with Crippen LogP contribution in [0.2, 0.25) is 0 Å². The second-order valence-corrected chi connectivity index (χ2v) is 7.08. The first-order valence-corrected chi connectivity index (χ1v) is 9.75. The number of nitrogens with zero attached hydrogens (tertiary/aromatic N) is 2. The zero-order valence-electron chi connectivity index (χ0n) is 16.8. The van der Waals surface area contributed by atoms with E-state index >= 15 is 0 Å². The highest BCUT2D eigenvalue weighted by molar-refractivity contribution is 5.99. The number of esters is 1. The molecule has 0 spiro atoms. The SMILES string of the molecule is Nc1ccc(C(=O)OCC(=O)N2c3ccccc3OCC2c2ccccc2)cc1[N+](=O)[O-]. The first-order valence-electron chi connectivity index (χ1n) is 9.75. The van der Waals surface area contributed by atoms with Gasteiger partial charge in [-0.05, 0) is 29.8 Å². The molecule has 1 aliphatic rings. The fourth-order valence-corrected chi connectivity index (χ4v) is 3.53. The van der Waals surface area contributed by atoms with Crippen molar-refractivity contribution in [1.29, 1.82) is 0 Å². The van der Waals surface area contributed by atoms with Crippen LogP contribution in [0.15, 0.2) is 72.8 Å². The average Bonchev–Trinajstić information content (AvgIpc) is 2.82. The standard InChI is InChI=1S/C23H19N3O6/c24-17-11-10-16(12-19(17)26(29)30)23(28)32-14-22(27)25-18-8-4-5-9-21(18)31-13-20(25)15-6-2-1-3-7-15/h1-12,20H,13-14,24H2. The van der Waals surface area contributed by atoms with E-state index in [0.29, 0.717) is 11.4 Å². The van der Waals surface area contributed by atoms with Gasteiger partial charge in [-0.15, -0.1) is 0 Å². The number of carbonyl (C=O) groups excluding carboxylic acids is 2. The van der Waals surface area contributed by atoms with Crippen LogP contribution in [0.3, 0.4) is 0 Å². The summed E-state index contributed by atoms with van der Waals surface area (Å²) in [6.07, 6.45) is 0. The maximum atomic E-state index is 13.2. The summed E-state index contributed by atoms with van der Waals surface area (Å²) in [6, 6.07) is 19.7. The Bertz CT molecular complexity index is 1180. The molecule has 1 atom stereocenters. The number of nitro groups is 1. The highest BCUT2D eigenvalue weighted by Crippen LogP contribution is 2.39. The van der Waals surface area contributed by atoms with E-state index in [2.05, 4.69) is 0 Å². The molecule has 3 aromatic carbocycles. The van der Waals surface area contributed by atoms with Gasteiger partial charge in [0, 0.05) is 6.07 Å². The molecule has 9 nitrogen and oxygen atoms in total. The Morgan fingerprint density at radius 3 is 2.56 bits per heavy atom. The number of hydrogen-bond donors (Lipinski definition) is 1. The summed E-state index contributed by atoms with van der Waals surface area (Å²) in [5.41, 5.74) is 6.45. The van der Waals surface area contributed by atoms with Crippen LogP contribution in [0, 0.1) is 10.1 Å². The molecule has 1 heterocycles. The molecular formula is C23H19N3O6. The maximum Gasteiger partial charge on any atom is 0.338 e. The van der Waals surface area contributed by atoms with Crippen LogP contribution in [-0.4, -0.2) is 30.0 Å². The van der Waals surface area contributed by atoms with E-state index in [-0.39, 0.29) is 17.9 Å². The lowest BCUT2D eigenvalue weighted by Gasteiger charge is -2.37. The van der Waals surface area contributed by atoms with Crippen LogP contribution >= 0.6 is 0 Å². The number of nitrogen functional groups attached to an aromatic ring is 1. The van der Waals surface area contributed by atoms with E-state index in [1.54, 1.807) is 29.2 Å². The van der Waals surface area contributed by atoms with Crippen molar-refractivity contribution >= 4 is 28.9 Å². The molecule has 1 amide bonds. The Hall–Kier alpha value is -4.40. The first kappa shape index (κ1) is 20.9. The summed E-state index contributed by atoms with van der Waals surface area (Å²) in [7, 11) is 0. The predicted molar refractivity (Wildman–Crippen MR) is 116 cm³/mol. The van der Waals surface area contributed by atoms with Crippen LogP contribution in [0.1, 0.15) is 22.0 Å². The summed E-state index contributed by atoms with van der Waals surface area (Å²) in [4.78, 5) is 37.5. The van der Waals surface area contributed by atoms with Gasteiger partial charge in [0.15, 0.2) is 6.61 Å². The van der Waals surface area contributed by atoms with Gasteiger partial charge in [0.25, 0.3) is 11.6 Å². The molecule has 0 saturated carbocycles. The summed E-state index contributed by atoms with van der Waals surface area (Å²) in [5, 5.41) is 11.1. The van der Waals surface area contributed by atoms with E-state index in [1.807, 2.05) is 30.3 Å². The third kappa shape index (κ3) is 4.08. The smallest absolute Gasteiger partial charge is 0.338 e. The van der Waals surface area contributed by atoms with Gasteiger partial charge in [0.05, 0.1) is 22.2 Å². The van der Waals surface area contributed by atoms with Crippen molar-refractivity contribution in [2.75, 3.05) is 23.8 Å². The summed E-state index contributed by atoms with van der Waals surface area (Å²) < 4.78 is 11.0. The molecule has 9 heteroatoms. The lowest BCUT2D eigenvalue weighted by molar-refractivity contribution is -0.383. The molecule has 1 aliphatic heterocycles. The van der Waals surface area contributed by atoms with Gasteiger partial charge < -0.3 is 15.2 Å². The molecule has 0 saturated heterocycles. The molecule has 162 valence electrons. The largest absolute Gasteiger partial charge is 0.489 e. The van der Waals surface area contributed by atoms with E-state index in [1.165, 1.54) is 12.1 Å². The van der Waals surface area contributed by atoms with E-state index in [9.17, 15) is 19.7 Å². The number of fused-ring (bicyclic) bond motifs is 1. The molecule has 0 radical (unpaired) electrons. The van der Waals surface area contributed by atoms with E-state index in [4.69, 9.17) is 15.2 Å². The van der Waals surface area contributed by atoms with Crippen molar-refractivity contribution in [3.8, 4) is 5.75 Å². The Kier molecular flexibility index (Phi) is 5.71. The number of ether oxygens (including phenoxy) is 2. The molecule has 4 rings (SSSR count). The quantitative estimate of drug-likeness (QED) is 0.282. The number of carbonyl (C=O) groups is 2. The van der Waals surface area contributed by atoms with Crippen LogP contribution < -0.4 is 15.4 Å². The lowest BCUT2D eigenvalue weighted by Crippen LogP contribution is -2.43. The highest BCUT2D eigenvalue weighted by atomic mass is 16.6. The molecule has 2 N–H and O–H groups in total. The molecule has 32 heavy (non-hydrogen) atoms. The van der Waals surface area contributed by atoms with Crippen molar-refractivity contribution < 1.29 is 24.0 Å². The Morgan fingerprint density at radius 1 is 1.09 bits per heavy atom. The molecule has 0 fully saturated rings. The molecule has 0 aromatic heterocycles. The van der Waals surface area contributed by atoms with Crippen molar-refractivity contribution in [1.82, 2.24) is 0 Å². The summed E-state index contributed by atoms with van der Waals surface area (Å²) in [6.45, 7) is -0.306. The van der Waals surface area contributed by atoms with Crippen LogP contribution in [0.5, 0.6) is 5.75 Å². The monoisotopic (exact) mass is 433 g/mol. The van der Waals surface area contributed by atoms with Crippen molar-refractivity contribution in [2.24, 2.45) is 0 Å². The number of anilines is 2. The minimum atomic E-state index is -0.862. The van der Waals surface area contributed by atoms with Crippen molar-refractivity contribution in [2.45, 2.75) is 6.04 Å². The third-order valence-electron chi connectivity index (χ3n) is 5.08. The number of nitro benzene ring substituents is 1. The second kappa shape index (κ2) is 8.76. The van der Waals surface area contributed by atoms with Crippen molar-refractivity contribution in [3.63, 3.8) is 0 Å². The molecule has 0 bridgehead atoms. The number of rotatable bonds is 5. The zero-order valence-corrected chi connectivity index (χ0v) is 16.8.